The van der Waals surface area contributed by atoms with Gasteiger partial charge in [0.15, 0.2) is 5.16 Å². The second-order valence-corrected chi connectivity index (χ2v) is 6.39. The molecule has 0 bridgehead atoms. The van der Waals surface area contributed by atoms with E-state index in [1.807, 2.05) is 0 Å². The number of thioether (sulfide) groups is 1. The third-order valence-corrected chi connectivity index (χ3v) is 4.85. The minimum absolute atomic E-state index is 0.0802. The Morgan fingerprint density at radius 3 is 3.05 bits per heavy atom. The molecule has 2 unspecified atom stereocenters. The Bertz CT molecular complexity index is 440. The first-order valence-electron chi connectivity index (χ1n) is 7.29. The minimum Gasteiger partial charge on any atom is -0.314 e. The van der Waals surface area contributed by atoms with Crippen molar-refractivity contribution in [1.29, 1.82) is 0 Å². The lowest BCUT2D eigenvalue weighted by molar-refractivity contribution is 0.387. The van der Waals surface area contributed by atoms with Gasteiger partial charge in [-0.1, -0.05) is 32.0 Å². The number of hydrogen-bond acceptors (Lipinski definition) is 4. The molecule has 108 valence electrons. The molecule has 0 amide bonds. The Balaban J connectivity index is 1.98. The number of nitrogens with one attached hydrogen (secondary N) is 2. The van der Waals surface area contributed by atoms with E-state index >= 15 is 0 Å². The molecular weight excluding hydrogens is 260 g/mol. The van der Waals surface area contributed by atoms with E-state index in [0.717, 1.165) is 24.7 Å². The smallest absolute Gasteiger partial charge is 0.314 e. The quantitative estimate of drug-likeness (QED) is 0.838. The van der Waals surface area contributed by atoms with E-state index in [4.69, 9.17) is 0 Å². The summed E-state index contributed by atoms with van der Waals surface area (Å²) in [7, 11) is 0. The summed E-state index contributed by atoms with van der Waals surface area (Å²) in [5.41, 5.74) is -0.0802. The zero-order valence-corrected chi connectivity index (χ0v) is 12.6. The summed E-state index contributed by atoms with van der Waals surface area (Å²) in [6.07, 6.45) is 5.88. The Morgan fingerprint density at radius 1 is 1.47 bits per heavy atom. The number of H-pyrrole nitrogens is 1. The molecule has 6 heteroatoms. The normalized spacial score (nSPS) is 23.7. The van der Waals surface area contributed by atoms with Crippen LogP contribution < -0.4 is 11.0 Å². The largest absolute Gasteiger partial charge is 0.343 e. The van der Waals surface area contributed by atoms with Gasteiger partial charge in [0, 0.05) is 17.8 Å². The molecule has 2 atom stereocenters. The van der Waals surface area contributed by atoms with Crippen molar-refractivity contribution in [2.75, 3.05) is 6.54 Å². The molecule has 1 heterocycles. The molecular formula is C13H24N4OS. The monoisotopic (exact) mass is 284 g/mol. The Hall–Kier alpha value is -0.750. The molecule has 2 rings (SSSR count). The standard InChI is InChI=1S/C13H24N4OS/c1-3-8-17-12(18)15-16-13(17)19-11-7-5-6-10(9-11)14-4-2/h10-11,14H,3-9H2,1-2H3,(H,15,18). The predicted molar refractivity (Wildman–Crippen MR) is 78.7 cm³/mol. The summed E-state index contributed by atoms with van der Waals surface area (Å²) in [4.78, 5) is 11.7. The SMILES string of the molecule is CCCn1c(SC2CCCC(NCC)C2)n[nH]c1=O. The fourth-order valence-electron chi connectivity index (χ4n) is 2.69. The highest BCUT2D eigenvalue weighted by Crippen LogP contribution is 2.32. The molecule has 0 aliphatic heterocycles. The molecule has 1 aliphatic rings. The molecule has 5 nitrogen and oxygen atoms in total. The van der Waals surface area contributed by atoms with Gasteiger partial charge in [0.2, 0.25) is 0 Å². The summed E-state index contributed by atoms with van der Waals surface area (Å²) in [6.45, 7) is 6.02. The van der Waals surface area contributed by atoms with Gasteiger partial charge < -0.3 is 5.32 Å². The lowest BCUT2D eigenvalue weighted by Crippen LogP contribution is -2.35. The summed E-state index contributed by atoms with van der Waals surface area (Å²) in [5.74, 6) is 0. The number of aromatic amines is 1. The summed E-state index contributed by atoms with van der Waals surface area (Å²) in [6, 6.07) is 0.626. The van der Waals surface area contributed by atoms with E-state index in [-0.39, 0.29) is 5.69 Å². The van der Waals surface area contributed by atoms with E-state index in [1.54, 1.807) is 16.3 Å². The van der Waals surface area contributed by atoms with Crippen LogP contribution >= 0.6 is 11.8 Å². The first kappa shape index (κ1) is 14.7. The molecule has 1 aromatic rings. The molecule has 1 aliphatic carbocycles. The summed E-state index contributed by atoms with van der Waals surface area (Å²) >= 11 is 1.76. The van der Waals surface area contributed by atoms with E-state index in [9.17, 15) is 4.79 Å². The average molecular weight is 284 g/mol. The van der Waals surface area contributed by atoms with Gasteiger partial charge in [-0.15, -0.1) is 5.10 Å². The maximum absolute atomic E-state index is 11.7. The molecule has 1 saturated carbocycles. The van der Waals surface area contributed by atoms with Gasteiger partial charge in [0.1, 0.15) is 0 Å². The van der Waals surface area contributed by atoms with Gasteiger partial charge >= 0.3 is 5.69 Å². The van der Waals surface area contributed by atoms with Crippen LogP contribution in [-0.2, 0) is 6.54 Å². The fourth-order valence-corrected chi connectivity index (χ4v) is 4.00. The fraction of sp³-hybridized carbons (Fsp3) is 0.846. The zero-order chi connectivity index (χ0) is 13.7. The third-order valence-electron chi connectivity index (χ3n) is 3.56. The van der Waals surface area contributed by atoms with E-state index < -0.39 is 0 Å². The van der Waals surface area contributed by atoms with Crippen LogP contribution in [0.25, 0.3) is 0 Å². The Labute approximate surface area is 118 Å². The van der Waals surface area contributed by atoms with Gasteiger partial charge in [-0.2, -0.15) is 0 Å². The molecule has 2 N–H and O–H groups in total. The van der Waals surface area contributed by atoms with Crippen LogP contribution in [0.4, 0.5) is 0 Å². The van der Waals surface area contributed by atoms with Crippen LogP contribution in [0.3, 0.4) is 0 Å². The molecule has 0 aromatic carbocycles. The minimum atomic E-state index is -0.0802. The maximum Gasteiger partial charge on any atom is 0.343 e. The summed E-state index contributed by atoms with van der Waals surface area (Å²) < 4.78 is 1.77. The molecule has 1 fully saturated rings. The summed E-state index contributed by atoms with van der Waals surface area (Å²) in [5, 5.41) is 11.7. The van der Waals surface area contributed by atoms with Gasteiger partial charge in [-0.05, 0) is 32.2 Å². The second kappa shape index (κ2) is 7.14. The van der Waals surface area contributed by atoms with Crippen LogP contribution in [0.15, 0.2) is 9.95 Å². The van der Waals surface area contributed by atoms with Gasteiger partial charge in [-0.25, -0.2) is 9.89 Å². The number of nitrogens with zero attached hydrogens (tertiary/aromatic N) is 2. The predicted octanol–water partition coefficient (Wildman–Crippen LogP) is 1.99. The van der Waals surface area contributed by atoms with Crippen molar-refractivity contribution in [2.24, 2.45) is 0 Å². The molecule has 0 spiro atoms. The van der Waals surface area contributed by atoms with E-state index in [0.29, 0.717) is 11.3 Å². The second-order valence-electron chi connectivity index (χ2n) is 5.12. The van der Waals surface area contributed by atoms with Crippen LogP contribution in [0, 0.1) is 0 Å². The van der Waals surface area contributed by atoms with Crippen LogP contribution in [0.2, 0.25) is 0 Å². The highest BCUT2D eigenvalue weighted by atomic mass is 32.2. The topological polar surface area (TPSA) is 62.7 Å². The van der Waals surface area contributed by atoms with Crippen molar-refractivity contribution >= 4 is 11.8 Å². The van der Waals surface area contributed by atoms with Gasteiger partial charge in [0.05, 0.1) is 0 Å². The van der Waals surface area contributed by atoms with Crippen LogP contribution in [0.5, 0.6) is 0 Å². The van der Waals surface area contributed by atoms with Crippen molar-refractivity contribution in [2.45, 2.75) is 68.9 Å². The molecule has 0 radical (unpaired) electrons. The van der Waals surface area contributed by atoms with Crippen molar-refractivity contribution in [3.05, 3.63) is 10.5 Å². The number of hydrogen-bond donors (Lipinski definition) is 2. The average Bonchev–Trinajstić information content (AvgIpc) is 2.73. The van der Waals surface area contributed by atoms with Gasteiger partial charge in [0.25, 0.3) is 0 Å². The third kappa shape index (κ3) is 3.86. The van der Waals surface area contributed by atoms with Crippen LogP contribution in [-0.4, -0.2) is 32.6 Å². The van der Waals surface area contributed by atoms with Crippen molar-refractivity contribution in [3.8, 4) is 0 Å². The number of aromatic nitrogens is 3. The highest BCUT2D eigenvalue weighted by molar-refractivity contribution is 7.99. The zero-order valence-electron chi connectivity index (χ0n) is 11.8. The van der Waals surface area contributed by atoms with Gasteiger partial charge in [-0.3, -0.25) is 4.57 Å². The number of rotatable bonds is 6. The Morgan fingerprint density at radius 2 is 2.32 bits per heavy atom. The maximum atomic E-state index is 11.7. The molecule has 1 aromatic heterocycles. The Kier molecular flexibility index (Phi) is 5.51. The van der Waals surface area contributed by atoms with Crippen LogP contribution in [0.1, 0.15) is 46.0 Å². The highest BCUT2D eigenvalue weighted by Gasteiger charge is 2.24. The molecule has 19 heavy (non-hydrogen) atoms. The lowest BCUT2D eigenvalue weighted by Gasteiger charge is -2.28. The first-order chi connectivity index (χ1) is 9.24. The van der Waals surface area contributed by atoms with Crippen molar-refractivity contribution in [1.82, 2.24) is 20.1 Å². The van der Waals surface area contributed by atoms with E-state index in [2.05, 4.69) is 29.4 Å². The first-order valence-corrected chi connectivity index (χ1v) is 8.17. The van der Waals surface area contributed by atoms with Crippen molar-refractivity contribution < 1.29 is 0 Å². The van der Waals surface area contributed by atoms with E-state index in [1.165, 1.54) is 25.7 Å². The van der Waals surface area contributed by atoms with Crippen molar-refractivity contribution in [3.63, 3.8) is 0 Å². The molecule has 0 saturated heterocycles. The lowest BCUT2D eigenvalue weighted by atomic mass is 9.95.